The maximum atomic E-state index is 12.4. The predicted octanol–water partition coefficient (Wildman–Crippen LogP) is 16.9. The second-order valence-corrected chi connectivity index (χ2v) is 18.6. The van der Waals surface area contributed by atoms with E-state index in [1.807, 2.05) is 54.6 Å². The summed E-state index contributed by atoms with van der Waals surface area (Å²) in [4.78, 5) is 10.1. The van der Waals surface area contributed by atoms with Crippen molar-refractivity contribution >= 4 is 11.0 Å². The topological polar surface area (TPSA) is 50.9 Å². The number of hydrogen-bond donors (Lipinski definition) is 1. The summed E-state index contributed by atoms with van der Waals surface area (Å²) in [5, 5.41) is 12.4. The van der Waals surface area contributed by atoms with Crippen molar-refractivity contribution in [1.29, 1.82) is 0 Å². The fourth-order valence-corrected chi connectivity index (χ4v) is 8.38. The van der Waals surface area contributed by atoms with Crippen LogP contribution in [0.3, 0.4) is 0 Å². The third-order valence-electron chi connectivity index (χ3n) is 11.9. The predicted molar refractivity (Wildman–Crippen MR) is 272 cm³/mol. The number of hydrogen-bond acceptors (Lipinski definition) is 3. The molecule has 0 bridgehead atoms. The van der Waals surface area contributed by atoms with Gasteiger partial charge in [0, 0.05) is 31.0 Å². The summed E-state index contributed by atoms with van der Waals surface area (Å²) < 4.78 is 125. The van der Waals surface area contributed by atoms with Crippen LogP contribution in [-0.2, 0) is 5.41 Å². The summed E-state index contributed by atoms with van der Waals surface area (Å²) in [6.45, 7) is 14.2. The third kappa shape index (κ3) is 8.43. The molecule has 0 amide bonds. The van der Waals surface area contributed by atoms with Crippen LogP contribution in [0, 0.1) is 13.7 Å². The standard InChI is InChI=1S/C60H65N3O/c1-35(2)44-32-51(38(7)8)58(64)52(33-44)59-62-57-50(45-29-46(31-47(30-45)60(11,12)13)53-34-42(26-27-61-53)41-22-20-39(9)21-23-41)18-15-19-55(57)63(59)54-25-24-43(28-40(54)10)56-48(36(3)4)16-14-17-49(56)37(5)6/h14-38,64H,1-13H3/i9D3,10D3,20D,21D,22D,23D,35D,36D,37D,38D. The molecule has 0 aliphatic carbocycles. The van der Waals surface area contributed by atoms with E-state index in [0.717, 1.165) is 5.56 Å². The highest BCUT2D eigenvalue weighted by molar-refractivity contribution is 5.97. The first kappa shape index (κ1) is 30.0. The van der Waals surface area contributed by atoms with E-state index < -0.39 is 72.4 Å². The van der Waals surface area contributed by atoms with Gasteiger partial charge in [0.1, 0.15) is 11.6 Å². The molecule has 4 nitrogen and oxygen atoms in total. The van der Waals surface area contributed by atoms with E-state index in [-0.39, 0.29) is 45.1 Å². The van der Waals surface area contributed by atoms with Gasteiger partial charge in [0.25, 0.3) is 0 Å². The summed E-state index contributed by atoms with van der Waals surface area (Å²) >= 11 is 0. The Balaban J connectivity index is 1.46. The Labute approximate surface area is 401 Å². The van der Waals surface area contributed by atoms with Crippen molar-refractivity contribution in [1.82, 2.24) is 14.5 Å². The maximum absolute atomic E-state index is 12.4. The Bertz CT molecular complexity index is 3630. The van der Waals surface area contributed by atoms with Crippen molar-refractivity contribution in [3.05, 3.63) is 166 Å². The number of pyridine rings is 1. The minimum atomic E-state index is -2.88. The van der Waals surface area contributed by atoms with Gasteiger partial charge in [0.2, 0.25) is 0 Å². The molecule has 0 saturated carbocycles. The lowest BCUT2D eigenvalue weighted by Crippen LogP contribution is -2.11. The van der Waals surface area contributed by atoms with Gasteiger partial charge >= 0.3 is 0 Å². The molecule has 2 heterocycles. The lowest BCUT2D eigenvalue weighted by molar-refractivity contribution is 0.466. The molecule has 8 aromatic rings. The van der Waals surface area contributed by atoms with Crippen LogP contribution in [0.4, 0.5) is 0 Å². The number of imidazole rings is 1. The summed E-state index contributed by atoms with van der Waals surface area (Å²) in [5.74, 6) is -4.97. The van der Waals surface area contributed by atoms with Crippen LogP contribution in [0.1, 0.15) is 158 Å². The molecule has 0 atom stereocenters. The fraction of sp³-hybridized carbons (Fsp3) is 0.300. The number of phenolic OH excluding ortho intramolecular Hbond substituents is 1. The van der Waals surface area contributed by atoms with Crippen LogP contribution in [0.25, 0.3) is 72.7 Å². The van der Waals surface area contributed by atoms with Crippen molar-refractivity contribution in [3.63, 3.8) is 0 Å². The molecule has 0 aliphatic heterocycles. The van der Waals surface area contributed by atoms with Crippen molar-refractivity contribution in [3.8, 4) is 67.5 Å². The van der Waals surface area contributed by atoms with E-state index in [1.165, 1.54) is 6.20 Å². The monoisotopic (exact) mass is 858 g/mol. The third-order valence-corrected chi connectivity index (χ3v) is 11.9. The van der Waals surface area contributed by atoms with E-state index in [0.29, 0.717) is 61.2 Å². The molecule has 326 valence electrons. The molecular weight excluding hydrogens is 779 g/mol. The molecule has 4 heteroatoms. The molecule has 8 rings (SSSR count). The Hall–Kier alpha value is -6.26. The van der Waals surface area contributed by atoms with Crippen LogP contribution < -0.4 is 0 Å². The van der Waals surface area contributed by atoms with Crippen LogP contribution in [-0.4, -0.2) is 19.6 Å². The molecule has 0 unspecified atom stereocenters. The van der Waals surface area contributed by atoms with E-state index >= 15 is 0 Å². The maximum Gasteiger partial charge on any atom is 0.149 e. The zero-order valence-corrected chi connectivity index (χ0v) is 38.6. The van der Waals surface area contributed by atoms with Gasteiger partial charge in [-0.1, -0.05) is 154 Å². The van der Waals surface area contributed by atoms with Gasteiger partial charge < -0.3 is 5.11 Å². The number of aromatic nitrogens is 3. The number of nitrogens with zero attached hydrogens (tertiary/aromatic N) is 3. The van der Waals surface area contributed by atoms with Crippen molar-refractivity contribution < 1.29 is 24.3 Å². The van der Waals surface area contributed by atoms with Gasteiger partial charge in [0.15, 0.2) is 0 Å². The number of aryl methyl sites for hydroxylation is 1. The Morgan fingerprint density at radius 1 is 0.625 bits per heavy atom. The molecule has 64 heavy (non-hydrogen) atoms. The van der Waals surface area contributed by atoms with Gasteiger partial charge in [-0.05, 0) is 152 Å². The Morgan fingerprint density at radius 3 is 1.95 bits per heavy atom. The number of rotatable bonds is 10. The van der Waals surface area contributed by atoms with Crippen LogP contribution in [0.5, 0.6) is 5.75 Å². The Kier molecular flexibility index (Phi) is 8.14. The average Bonchev–Trinajstić information content (AvgIpc) is 3.81. The molecule has 0 fully saturated rings. The lowest BCUT2D eigenvalue weighted by atomic mass is 9.83. The van der Waals surface area contributed by atoms with E-state index in [2.05, 4.69) is 20.8 Å². The van der Waals surface area contributed by atoms with Gasteiger partial charge in [-0.2, -0.15) is 0 Å². The molecule has 1 N–H and O–H groups in total. The normalized spacial score (nSPS) is 16.4. The minimum Gasteiger partial charge on any atom is -0.507 e. The quantitative estimate of drug-likeness (QED) is 0.149. The summed E-state index contributed by atoms with van der Waals surface area (Å²) in [6.07, 6.45) is 1.49. The zero-order valence-electron chi connectivity index (χ0n) is 52.6. The number of fused-ring (bicyclic) bond motifs is 1. The van der Waals surface area contributed by atoms with Gasteiger partial charge in [0.05, 0.1) is 33.5 Å². The molecule has 0 saturated heterocycles. The van der Waals surface area contributed by atoms with E-state index in [4.69, 9.17) is 23.7 Å². The average molecular weight is 858 g/mol. The summed E-state index contributed by atoms with van der Waals surface area (Å²) in [7, 11) is 0. The molecule has 2 aromatic heterocycles. The first-order chi connectivity index (χ1) is 35.7. The highest BCUT2D eigenvalue weighted by atomic mass is 16.3. The zero-order chi connectivity index (χ0) is 57.9. The van der Waals surface area contributed by atoms with Gasteiger partial charge in [-0.3, -0.25) is 9.55 Å². The highest BCUT2D eigenvalue weighted by Crippen LogP contribution is 2.45. The first-order valence-corrected chi connectivity index (χ1v) is 21.6. The molecule has 0 aliphatic rings. The molecular formula is C60H65N3O. The van der Waals surface area contributed by atoms with Crippen molar-refractivity contribution in [2.24, 2.45) is 0 Å². The van der Waals surface area contributed by atoms with Crippen LogP contribution >= 0.6 is 0 Å². The van der Waals surface area contributed by atoms with Crippen LogP contribution in [0.15, 0.2) is 127 Å². The number of phenols is 1. The smallest absolute Gasteiger partial charge is 0.149 e. The molecule has 6 aromatic carbocycles. The van der Waals surface area contributed by atoms with Gasteiger partial charge in [-0.15, -0.1) is 0 Å². The van der Waals surface area contributed by atoms with E-state index in [9.17, 15) is 10.6 Å². The Morgan fingerprint density at radius 2 is 1.31 bits per heavy atom. The molecule has 0 radical (unpaired) electrons. The lowest BCUT2D eigenvalue weighted by Gasteiger charge is -2.22. The molecule has 0 spiro atoms. The number of aromatic hydroxyl groups is 1. The minimum absolute atomic E-state index is 0.0763. The summed E-state index contributed by atoms with van der Waals surface area (Å²) in [6, 6.07) is 26.2. The highest BCUT2D eigenvalue weighted by Gasteiger charge is 2.26. The van der Waals surface area contributed by atoms with Gasteiger partial charge in [-0.25, -0.2) is 4.98 Å². The fourth-order valence-electron chi connectivity index (χ4n) is 8.38. The second-order valence-electron chi connectivity index (χ2n) is 18.6. The van der Waals surface area contributed by atoms with Crippen LogP contribution in [0.2, 0.25) is 0 Å². The summed E-state index contributed by atoms with van der Waals surface area (Å²) in [5.41, 5.74) is 6.45. The largest absolute Gasteiger partial charge is 0.507 e. The first-order valence-electron chi connectivity index (χ1n) is 28.6. The SMILES string of the molecule is [2H]c1c([2H])c(C([2H])([2H])[2H])c([2H])c([2H])c1-c1ccnc(-c2cc(-c3cccc4c3nc(-c3cc(C([2H])(C)C)cc(C([2H])(C)C)c3O)n4-c3ccc(-c4c(C([2H])(C)C)cccc4C([2H])(C)C)cc3C([2H])([2H])[2H])cc(C(C)(C)C)c2)c1. The van der Waals surface area contributed by atoms with E-state index in [1.54, 1.807) is 102 Å². The van der Waals surface area contributed by atoms with Crippen molar-refractivity contribution in [2.45, 2.75) is 119 Å². The number of para-hydroxylation sites is 1. The second kappa shape index (κ2) is 17.4. The van der Waals surface area contributed by atoms with Crippen molar-refractivity contribution in [2.75, 3.05) is 0 Å². The number of benzene rings is 6.